The van der Waals surface area contributed by atoms with Crippen molar-refractivity contribution in [2.75, 3.05) is 0 Å². The molecule has 0 unspecified atom stereocenters. The molecule has 1 nitrogen and oxygen atoms in total. The first-order valence-corrected chi connectivity index (χ1v) is 7.24. The van der Waals surface area contributed by atoms with Gasteiger partial charge in [-0.1, -0.05) is 38.5 Å². The summed E-state index contributed by atoms with van der Waals surface area (Å²) >= 11 is 1.65. The molecule has 0 N–H and O–H groups in total. The lowest BCUT2D eigenvalue weighted by Crippen LogP contribution is -2.06. The van der Waals surface area contributed by atoms with Crippen molar-refractivity contribution in [2.24, 2.45) is 5.92 Å². The summed E-state index contributed by atoms with van der Waals surface area (Å²) < 4.78 is 0. The molecule has 1 heterocycles. The minimum Gasteiger partial charge on any atom is -0.297 e. The van der Waals surface area contributed by atoms with Crippen molar-refractivity contribution in [1.82, 2.24) is 0 Å². The van der Waals surface area contributed by atoms with Crippen molar-refractivity contribution in [2.45, 2.75) is 51.4 Å². The van der Waals surface area contributed by atoms with Gasteiger partial charge in [-0.05, 0) is 30.9 Å². The molecule has 0 aromatic carbocycles. The van der Waals surface area contributed by atoms with Crippen molar-refractivity contribution in [3.05, 3.63) is 21.9 Å². The zero-order valence-corrected chi connectivity index (χ0v) is 10.6. The molecule has 0 bridgehead atoms. The van der Waals surface area contributed by atoms with Gasteiger partial charge in [-0.3, -0.25) is 4.79 Å². The first-order valence-electron chi connectivity index (χ1n) is 6.42. The molecule has 1 fully saturated rings. The monoisotopic (exact) mass is 236 g/mol. The summed E-state index contributed by atoms with van der Waals surface area (Å²) in [5.74, 6) is 0.985. The molecule has 0 saturated heterocycles. The van der Waals surface area contributed by atoms with Crippen molar-refractivity contribution in [3.8, 4) is 0 Å². The van der Waals surface area contributed by atoms with E-state index in [2.05, 4.69) is 6.07 Å². The second-order valence-corrected chi connectivity index (χ2v) is 6.02. The number of hydrogen-bond acceptors (Lipinski definition) is 2. The molecule has 2 heteroatoms. The summed E-state index contributed by atoms with van der Waals surface area (Å²) in [5, 5.41) is 0. The summed E-state index contributed by atoms with van der Waals surface area (Å²) in [6, 6.07) is 4.04. The third-order valence-corrected chi connectivity index (χ3v) is 4.63. The lowest BCUT2D eigenvalue weighted by Gasteiger charge is -2.21. The van der Waals surface area contributed by atoms with E-state index in [0.29, 0.717) is 0 Å². The Morgan fingerprint density at radius 3 is 2.75 bits per heavy atom. The number of carbonyl (C=O) groups excluding carboxylic acids is 1. The molecular weight excluding hydrogens is 216 g/mol. The standard InChI is InChI=1S/C14H20OS/c15-11-14-10-9-13(16-14)8-4-7-12-5-2-1-3-6-12/h9-12H,1-8H2. The van der Waals surface area contributed by atoms with Crippen LogP contribution in [0.2, 0.25) is 0 Å². The molecule has 0 atom stereocenters. The SMILES string of the molecule is O=Cc1ccc(CCCC2CCCCC2)s1. The highest BCUT2D eigenvalue weighted by Crippen LogP contribution is 2.28. The molecule has 1 saturated carbocycles. The summed E-state index contributed by atoms with van der Waals surface area (Å²) in [6.45, 7) is 0. The molecule has 0 radical (unpaired) electrons. The molecule has 16 heavy (non-hydrogen) atoms. The van der Waals surface area contributed by atoms with Crippen molar-refractivity contribution in [1.29, 1.82) is 0 Å². The van der Waals surface area contributed by atoms with Gasteiger partial charge in [0.05, 0.1) is 4.88 Å². The number of rotatable bonds is 5. The smallest absolute Gasteiger partial charge is 0.160 e. The maximum atomic E-state index is 10.6. The van der Waals surface area contributed by atoms with Gasteiger partial charge >= 0.3 is 0 Å². The van der Waals surface area contributed by atoms with Crippen LogP contribution in [-0.2, 0) is 6.42 Å². The van der Waals surface area contributed by atoms with Gasteiger partial charge in [-0.25, -0.2) is 0 Å². The number of aryl methyl sites for hydroxylation is 1. The van der Waals surface area contributed by atoms with E-state index in [1.165, 1.54) is 49.8 Å². The Kier molecular flexibility index (Phi) is 4.58. The zero-order valence-electron chi connectivity index (χ0n) is 9.78. The van der Waals surface area contributed by atoms with E-state index >= 15 is 0 Å². The Morgan fingerprint density at radius 1 is 1.25 bits per heavy atom. The molecule has 1 aromatic rings. The highest BCUT2D eigenvalue weighted by atomic mass is 32.1. The Balaban J connectivity index is 1.68. The third-order valence-electron chi connectivity index (χ3n) is 3.56. The third kappa shape index (κ3) is 3.44. The lowest BCUT2D eigenvalue weighted by molar-refractivity contribution is 0.112. The van der Waals surface area contributed by atoms with Crippen LogP contribution in [0.25, 0.3) is 0 Å². The molecule has 1 aliphatic carbocycles. The van der Waals surface area contributed by atoms with Gasteiger partial charge in [0.1, 0.15) is 0 Å². The van der Waals surface area contributed by atoms with Gasteiger partial charge in [0, 0.05) is 4.88 Å². The Hall–Kier alpha value is -0.630. The maximum Gasteiger partial charge on any atom is 0.160 e. The fourth-order valence-corrected chi connectivity index (χ4v) is 3.50. The van der Waals surface area contributed by atoms with Gasteiger partial charge < -0.3 is 0 Å². The Morgan fingerprint density at radius 2 is 2.06 bits per heavy atom. The average molecular weight is 236 g/mol. The van der Waals surface area contributed by atoms with Crippen LogP contribution in [0.15, 0.2) is 12.1 Å². The molecule has 1 aromatic heterocycles. The van der Waals surface area contributed by atoms with Gasteiger partial charge in [0.15, 0.2) is 6.29 Å². The van der Waals surface area contributed by atoms with Gasteiger partial charge in [0.2, 0.25) is 0 Å². The summed E-state index contributed by atoms with van der Waals surface area (Å²) in [5.41, 5.74) is 0. The molecule has 0 aliphatic heterocycles. The molecule has 88 valence electrons. The van der Waals surface area contributed by atoms with Gasteiger partial charge in [-0.15, -0.1) is 11.3 Å². The first-order chi connectivity index (χ1) is 7.88. The van der Waals surface area contributed by atoms with Crippen molar-refractivity contribution in [3.63, 3.8) is 0 Å². The van der Waals surface area contributed by atoms with E-state index in [1.54, 1.807) is 11.3 Å². The topological polar surface area (TPSA) is 17.1 Å². The number of carbonyl (C=O) groups is 1. The van der Waals surface area contributed by atoms with Crippen LogP contribution >= 0.6 is 11.3 Å². The van der Waals surface area contributed by atoms with E-state index in [1.807, 2.05) is 6.07 Å². The van der Waals surface area contributed by atoms with Crippen molar-refractivity contribution >= 4 is 17.6 Å². The van der Waals surface area contributed by atoms with E-state index in [-0.39, 0.29) is 0 Å². The number of aldehydes is 1. The van der Waals surface area contributed by atoms with Gasteiger partial charge in [-0.2, -0.15) is 0 Å². The highest BCUT2D eigenvalue weighted by Gasteiger charge is 2.12. The highest BCUT2D eigenvalue weighted by molar-refractivity contribution is 7.13. The molecule has 0 spiro atoms. The molecule has 1 aliphatic rings. The molecular formula is C14H20OS. The fraction of sp³-hybridized carbons (Fsp3) is 0.643. The zero-order chi connectivity index (χ0) is 11.2. The van der Waals surface area contributed by atoms with Crippen LogP contribution in [-0.4, -0.2) is 6.29 Å². The van der Waals surface area contributed by atoms with Crippen LogP contribution in [0.4, 0.5) is 0 Å². The Labute approximate surface area is 102 Å². The summed E-state index contributed by atoms with van der Waals surface area (Å²) in [7, 11) is 0. The minimum absolute atomic E-state index is 0.868. The van der Waals surface area contributed by atoms with E-state index in [4.69, 9.17) is 0 Å². The largest absolute Gasteiger partial charge is 0.297 e. The van der Waals surface area contributed by atoms with Crippen LogP contribution in [0.1, 0.15) is 59.5 Å². The van der Waals surface area contributed by atoms with Crippen LogP contribution in [0.3, 0.4) is 0 Å². The molecule has 2 rings (SSSR count). The Bertz CT molecular complexity index is 323. The normalized spacial score (nSPS) is 17.5. The second-order valence-electron chi connectivity index (χ2n) is 4.82. The maximum absolute atomic E-state index is 10.6. The van der Waals surface area contributed by atoms with Crippen LogP contribution in [0.5, 0.6) is 0 Å². The van der Waals surface area contributed by atoms with E-state index in [0.717, 1.165) is 23.5 Å². The first kappa shape index (κ1) is 11.8. The predicted molar refractivity (Wildman–Crippen MR) is 69.2 cm³/mol. The average Bonchev–Trinajstić information content (AvgIpc) is 2.78. The minimum atomic E-state index is 0.868. The van der Waals surface area contributed by atoms with E-state index < -0.39 is 0 Å². The number of hydrogen-bond donors (Lipinski definition) is 0. The fourth-order valence-electron chi connectivity index (χ4n) is 2.63. The quantitative estimate of drug-likeness (QED) is 0.690. The van der Waals surface area contributed by atoms with Crippen LogP contribution < -0.4 is 0 Å². The summed E-state index contributed by atoms with van der Waals surface area (Å²) in [4.78, 5) is 12.8. The lowest BCUT2D eigenvalue weighted by atomic mass is 9.86. The predicted octanol–water partition coefficient (Wildman–Crippen LogP) is 4.46. The van der Waals surface area contributed by atoms with Crippen LogP contribution in [0, 0.1) is 5.92 Å². The second kappa shape index (κ2) is 6.19. The van der Waals surface area contributed by atoms with Crippen molar-refractivity contribution < 1.29 is 4.79 Å². The number of thiophene rings is 1. The molecule has 0 amide bonds. The summed E-state index contributed by atoms with van der Waals surface area (Å²) in [6.07, 6.45) is 12.0. The van der Waals surface area contributed by atoms with Gasteiger partial charge in [0.25, 0.3) is 0 Å². The van der Waals surface area contributed by atoms with E-state index in [9.17, 15) is 4.79 Å².